The van der Waals surface area contributed by atoms with Gasteiger partial charge in [0.05, 0.1) is 11.4 Å². The number of aryl methyl sites for hydroxylation is 1. The van der Waals surface area contributed by atoms with Crippen molar-refractivity contribution < 1.29 is 8.42 Å². The van der Waals surface area contributed by atoms with Gasteiger partial charge >= 0.3 is 0 Å². The van der Waals surface area contributed by atoms with Crippen molar-refractivity contribution in [1.82, 2.24) is 19.5 Å². The maximum atomic E-state index is 12.0. The minimum Gasteiger partial charge on any atom is -0.256 e. The number of aromatic nitrogens is 3. The molecule has 1 N–H and O–H groups in total. The van der Waals surface area contributed by atoms with Crippen LogP contribution in [0.5, 0.6) is 0 Å². The van der Waals surface area contributed by atoms with Gasteiger partial charge in [0.15, 0.2) is 5.82 Å². The van der Waals surface area contributed by atoms with Gasteiger partial charge in [0.25, 0.3) is 0 Å². The van der Waals surface area contributed by atoms with E-state index in [4.69, 9.17) is 0 Å². The minimum atomic E-state index is -3.53. The molecule has 0 aliphatic heterocycles. The summed E-state index contributed by atoms with van der Waals surface area (Å²) >= 11 is 3.31. The Morgan fingerprint density at radius 1 is 1.32 bits per heavy atom. The second-order valence-corrected chi connectivity index (χ2v) is 6.26. The molecule has 1 aromatic heterocycles. The van der Waals surface area contributed by atoms with Gasteiger partial charge in [-0.15, -0.1) is 0 Å². The van der Waals surface area contributed by atoms with Gasteiger partial charge in [-0.25, -0.2) is 18.1 Å². The third kappa shape index (κ3) is 3.62. The lowest BCUT2D eigenvalue weighted by Crippen LogP contribution is -2.23. The summed E-state index contributed by atoms with van der Waals surface area (Å²) in [6.45, 7) is 0.0728. The minimum absolute atomic E-state index is 0.0728. The molecule has 0 aliphatic carbocycles. The Kier molecular flexibility index (Phi) is 4.33. The van der Waals surface area contributed by atoms with Gasteiger partial charge in [0, 0.05) is 12.4 Å². The molecular weight excluding hydrogens is 332 g/mol. The number of halogens is 1. The van der Waals surface area contributed by atoms with Crippen LogP contribution in [0.2, 0.25) is 0 Å². The van der Waals surface area contributed by atoms with Crippen LogP contribution in [0.25, 0.3) is 0 Å². The van der Waals surface area contributed by atoms with Gasteiger partial charge in [0.2, 0.25) is 10.0 Å². The molecule has 0 saturated heterocycles. The largest absolute Gasteiger partial charge is 0.256 e. The van der Waals surface area contributed by atoms with Crippen molar-refractivity contribution >= 4 is 26.0 Å². The van der Waals surface area contributed by atoms with Crippen molar-refractivity contribution in [3.05, 3.63) is 42.0 Å². The molecule has 0 amide bonds. The summed E-state index contributed by atoms with van der Waals surface area (Å²) in [5.41, 5.74) is 1.02. The monoisotopic (exact) mass is 344 g/mol. The van der Waals surface area contributed by atoms with E-state index in [1.54, 1.807) is 31.3 Å². The smallest absolute Gasteiger partial charge is 0.240 e. The average molecular weight is 345 g/mol. The number of hydrogen-bond donors (Lipinski definition) is 1. The summed E-state index contributed by atoms with van der Waals surface area (Å²) in [7, 11) is -1.80. The van der Waals surface area contributed by atoms with Crippen LogP contribution in [-0.2, 0) is 28.9 Å². The second kappa shape index (κ2) is 5.81. The van der Waals surface area contributed by atoms with E-state index in [0.717, 1.165) is 5.56 Å². The van der Waals surface area contributed by atoms with Crippen LogP contribution in [0.4, 0.5) is 0 Å². The molecule has 2 aromatic rings. The third-order valence-corrected chi connectivity index (χ3v) is 4.52. The molecule has 2 rings (SSSR count). The first kappa shape index (κ1) is 14.2. The van der Waals surface area contributed by atoms with Crippen LogP contribution in [0, 0.1) is 0 Å². The Balaban J connectivity index is 2.09. The van der Waals surface area contributed by atoms with Crippen molar-refractivity contribution in [3.8, 4) is 0 Å². The molecule has 8 heteroatoms. The Hall–Kier alpha value is -1.25. The quantitative estimate of drug-likeness (QED) is 0.826. The number of benzene rings is 1. The van der Waals surface area contributed by atoms with Gasteiger partial charge in [-0.1, -0.05) is 28.1 Å². The Labute approximate surface area is 120 Å². The zero-order valence-corrected chi connectivity index (χ0v) is 12.6. The molecule has 1 heterocycles. The highest BCUT2D eigenvalue weighted by molar-refractivity contribution is 9.08. The molecular formula is C11H13BrN4O2S. The van der Waals surface area contributed by atoms with Gasteiger partial charge in [0.1, 0.15) is 6.33 Å². The molecule has 0 fully saturated rings. The topological polar surface area (TPSA) is 76.9 Å². The van der Waals surface area contributed by atoms with Crippen LogP contribution < -0.4 is 4.72 Å². The fourth-order valence-corrected chi connectivity index (χ4v) is 2.82. The van der Waals surface area contributed by atoms with E-state index < -0.39 is 10.0 Å². The first-order valence-electron chi connectivity index (χ1n) is 5.50. The second-order valence-electron chi connectivity index (χ2n) is 3.94. The predicted molar refractivity (Wildman–Crippen MR) is 74.1 cm³/mol. The molecule has 0 aliphatic rings. The lowest BCUT2D eigenvalue weighted by molar-refractivity contribution is 0.578. The fourth-order valence-electron chi connectivity index (χ4n) is 1.47. The lowest BCUT2D eigenvalue weighted by atomic mass is 10.2. The molecule has 0 saturated carbocycles. The van der Waals surface area contributed by atoms with E-state index in [1.807, 2.05) is 0 Å². The molecule has 19 heavy (non-hydrogen) atoms. The first-order chi connectivity index (χ1) is 9.01. The Morgan fingerprint density at radius 2 is 2.00 bits per heavy atom. The maximum Gasteiger partial charge on any atom is 0.240 e. The lowest BCUT2D eigenvalue weighted by Gasteiger charge is -2.05. The van der Waals surface area contributed by atoms with E-state index in [1.165, 1.54) is 11.0 Å². The van der Waals surface area contributed by atoms with E-state index in [-0.39, 0.29) is 11.4 Å². The molecule has 0 atom stereocenters. The number of nitrogens with zero attached hydrogens (tertiary/aromatic N) is 3. The van der Waals surface area contributed by atoms with Crippen LogP contribution in [0.3, 0.4) is 0 Å². The summed E-state index contributed by atoms with van der Waals surface area (Å²) in [6.07, 6.45) is 1.52. The van der Waals surface area contributed by atoms with E-state index >= 15 is 0 Å². The van der Waals surface area contributed by atoms with Gasteiger partial charge in [-0.3, -0.25) is 4.68 Å². The predicted octanol–water partition coefficient (Wildman–Crippen LogP) is 1.19. The maximum absolute atomic E-state index is 12.0. The molecule has 0 spiro atoms. The zero-order chi connectivity index (χ0) is 13.9. The molecule has 1 aromatic carbocycles. The van der Waals surface area contributed by atoms with E-state index in [0.29, 0.717) is 11.2 Å². The molecule has 0 radical (unpaired) electrons. The summed E-state index contributed by atoms with van der Waals surface area (Å²) in [6, 6.07) is 6.68. The number of sulfonamides is 1. The number of alkyl halides is 1. The molecule has 102 valence electrons. The van der Waals surface area contributed by atoms with Crippen molar-refractivity contribution in [3.63, 3.8) is 0 Å². The Morgan fingerprint density at radius 3 is 2.53 bits per heavy atom. The van der Waals surface area contributed by atoms with Crippen LogP contribution >= 0.6 is 15.9 Å². The number of rotatable bonds is 5. The van der Waals surface area contributed by atoms with Crippen LogP contribution in [-0.4, -0.2) is 23.2 Å². The molecule has 0 bridgehead atoms. The highest BCUT2D eigenvalue weighted by atomic mass is 79.9. The van der Waals surface area contributed by atoms with Crippen molar-refractivity contribution in [2.45, 2.75) is 16.8 Å². The number of nitrogens with one attached hydrogen (secondary N) is 1. The molecule has 6 nitrogen and oxygen atoms in total. The third-order valence-electron chi connectivity index (χ3n) is 2.46. The summed E-state index contributed by atoms with van der Waals surface area (Å²) in [5.74, 6) is 0.433. The summed E-state index contributed by atoms with van der Waals surface area (Å²) in [5, 5.41) is 4.70. The molecule has 0 unspecified atom stereocenters. The van der Waals surface area contributed by atoms with Crippen molar-refractivity contribution in [1.29, 1.82) is 0 Å². The Bertz CT molecular complexity index is 652. The highest BCUT2D eigenvalue weighted by Gasteiger charge is 2.14. The van der Waals surface area contributed by atoms with Crippen molar-refractivity contribution in [2.75, 3.05) is 0 Å². The standard InChI is InChI=1S/C11H13BrN4O2S/c1-16-8-13-11(15-16)7-14-19(17,18)10-4-2-9(6-12)3-5-10/h2-5,8,14H,6-7H2,1H3. The first-order valence-corrected chi connectivity index (χ1v) is 8.11. The van der Waals surface area contributed by atoms with E-state index in [9.17, 15) is 8.42 Å². The van der Waals surface area contributed by atoms with Gasteiger partial charge in [-0.2, -0.15) is 5.10 Å². The average Bonchev–Trinajstić information content (AvgIpc) is 2.82. The van der Waals surface area contributed by atoms with E-state index in [2.05, 4.69) is 30.7 Å². The van der Waals surface area contributed by atoms with Gasteiger partial charge < -0.3 is 0 Å². The van der Waals surface area contributed by atoms with Crippen LogP contribution in [0.1, 0.15) is 11.4 Å². The summed E-state index contributed by atoms with van der Waals surface area (Å²) < 4.78 is 28.0. The summed E-state index contributed by atoms with van der Waals surface area (Å²) in [4.78, 5) is 4.19. The SMILES string of the molecule is Cn1cnc(CNS(=O)(=O)c2ccc(CBr)cc2)n1. The van der Waals surface area contributed by atoms with Crippen molar-refractivity contribution in [2.24, 2.45) is 7.05 Å². The normalized spacial score (nSPS) is 11.7. The van der Waals surface area contributed by atoms with Gasteiger partial charge in [-0.05, 0) is 17.7 Å². The van der Waals surface area contributed by atoms with Crippen LogP contribution in [0.15, 0.2) is 35.5 Å². The number of hydrogen-bond acceptors (Lipinski definition) is 4. The fraction of sp³-hybridized carbons (Fsp3) is 0.273. The highest BCUT2D eigenvalue weighted by Crippen LogP contribution is 2.12. The zero-order valence-electron chi connectivity index (χ0n) is 10.2.